The highest BCUT2D eigenvalue weighted by molar-refractivity contribution is 6.32. The molecule has 0 aliphatic rings. The minimum atomic E-state index is 0.894. The van der Waals surface area contributed by atoms with Gasteiger partial charge in [-0.2, -0.15) is 0 Å². The van der Waals surface area contributed by atoms with E-state index in [1.807, 2.05) is 6.07 Å². The number of rotatable bonds is 2. The summed E-state index contributed by atoms with van der Waals surface area (Å²) >= 11 is 0. The van der Waals surface area contributed by atoms with E-state index in [1.165, 1.54) is 70.6 Å². The first-order valence-corrected chi connectivity index (χ1v) is 17.8. The Bertz CT molecular complexity index is 3470. The van der Waals surface area contributed by atoms with Crippen molar-refractivity contribution in [1.82, 2.24) is 0 Å². The number of hydrogen-bond donors (Lipinski definition) is 0. The molecular weight excluding hydrogens is 633 g/mol. The van der Waals surface area contributed by atoms with Crippen molar-refractivity contribution in [3.05, 3.63) is 170 Å². The molecule has 10 aromatic carbocycles. The molecule has 0 saturated carbocycles. The van der Waals surface area contributed by atoms with E-state index < -0.39 is 0 Å². The Hall–Kier alpha value is -6.90. The van der Waals surface area contributed by atoms with Gasteiger partial charge in [0.05, 0.1) is 0 Å². The van der Waals surface area contributed by atoms with Crippen LogP contribution < -0.4 is 0 Å². The van der Waals surface area contributed by atoms with E-state index in [1.54, 1.807) is 0 Å². The third-order valence-electron chi connectivity index (χ3n) is 11.2. The van der Waals surface area contributed by atoms with Gasteiger partial charge in [-0.3, -0.25) is 0 Å². The largest absolute Gasteiger partial charge is 0.456 e. The molecule has 2 nitrogen and oxygen atoms in total. The summed E-state index contributed by atoms with van der Waals surface area (Å²) in [5.41, 5.74) is 8.36. The van der Waals surface area contributed by atoms with Crippen molar-refractivity contribution < 1.29 is 8.83 Å². The summed E-state index contributed by atoms with van der Waals surface area (Å²) in [5.74, 6) is 0. The predicted octanol–water partition coefficient (Wildman–Crippen LogP) is 14.6. The first-order valence-electron chi connectivity index (χ1n) is 17.8. The van der Waals surface area contributed by atoms with E-state index in [4.69, 9.17) is 8.83 Å². The summed E-state index contributed by atoms with van der Waals surface area (Å²) in [6.45, 7) is 0. The average molecular weight is 661 g/mol. The average Bonchev–Trinajstić information content (AvgIpc) is 3.77. The summed E-state index contributed by atoms with van der Waals surface area (Å²) in [6, 6.07) is 61.5. The van der Waals surface area contributed by atoms with E-state index in [2.05, 4.69) is 164 Å². The zero-order valence-electron chi connectivity index (χ0n) is 28.0. The van der Waals surface area contributed by atoms with Crippen molar-refractivity contribution in [2.45, 2.75) is 0 Å². The predicted molar refractivity (Wildman–Crippen MR) is 219 cm³/mol. The Morgan fingerprint density at radius 1 is 0.250 bits per heavy atom. The second kappa shape index (κ2) is 10.3. The third-order valence-corrected chi connectivity index (χ3v) is 11.2. The topological polar surface area (TPSA) is 26.3 Å². The Kier molecular flexibility index (Phi) is 5.53. The maximum Gasteiger partial charge on any atom is 0.143 e. The molecule has 0 unspecified atom stereocenters. The van der Waals surface area contributed by atoms with Gasteiger partial charge in [0.25, 0.3) is 0 Å². The van der Waals surface area contributed by atoms with Crippen LogP contribution in [0.2, 0.25) is 0 Å². The van der Waals surface area contributed by atoms with Gasteiger partial charge in [0.1, 0.15) is 22.3 Å². The van der Waals surface area contributed by atoms with Crippen LogP contribution in [0, 0.1) is 0 Å². The van der Waals surface area contributed by atoms with Crippen molar-refractivity contribution in [3.8, 4) is 22.3 Å². The lowest BCUT2D eigenvalue weighted by atomic mass is 9.91. The van der Waals surface area contributed by atoms with Crippen molar-refractivity contribution in [1.29, 1.82) is 0 Å². The van der Waals surface area contributed by atoms with Crippen molar-refractivity contribution in [2.75, 3.05) is 0 Å². The lowest BCUT2D eigenvalue weighted by Gasteiger charge is -2.12. The quantitative estimate of drug-likeness (QED) is 0.136. The van der Waals surface area contributed by atoms with Gasteiger partial charge < -0.3 is 8.83 Å². The van der Waals surface area contributed by atoms with Crippen LogP contribution in [0.15, 0.2) is 179 Å². The second-order valence-corrected chi connectivity index (χ2v) is 14.1. The molecule has 0 amide bonds. The molecule has 12 rings (SSSR count). The normalized spacial score (nSPS) is 12.2. The Balaban J connectivity index is 1.03. The molecule has 0 fully saturated rings. The van der Waals surface area contributed by atoms with Crippen LogP contribution >= 0.6 is 0 Å². The van der Waals surface area contributed by atoms with Crippen molar-refractivity contribution in [3.63, 3.8) is 0 Å². The molecule has 2 heterocycles. The van der Waals surface area contributed by atoms with Gasteiger partial charge in [-0.05, 0) is 131 Å². The fourth-order valence-corrected chi connectivity index (χ4v) is 8.65. The fraction of sp³-hybridized carbons (Fsp3) is 0. The number of fused-ring (bicyclic) bond motifs is 15. The smallest absolute Gasteiger partial charge is 0.143 e. The molecule has 2 heteroatoms. The molecule has 0 saturated heterocycles. The summed E-state index contributed by atoms with van der Waals surface area (Å²) in [7, 11) is 0. The van der Waals surface area contributed by atoms with Crippen molar-refractivity contribution >= 4 is 97.7 Å². The minimum absolute atomic E-state index is 0.894. The van der Waals surface area contributed by atoms with Crippen LogP contribution in [0.5, 0.6) is 0 Å². The van der Waals surface area contributed by atoms with E-state index >= 15 is 0 Å². The van der Waals surface area contributed by atoms with Crippen molar-refractivity contribution in [2.24, 2.45) is 0 Å². The highest BCUT2D eigenvalue weighted by Crippen LogP contribution is 2.43. The van der Waals surface area contributed by atoms with Gasteiger partial charge >= 0.3 is 0 Å². The van der Waals surface area contributed by atoms with Gasteiger partial charge in [0.15, 0.2) is 0 Å². The molecule has 0 aliphatic heterocycles. The zero-order valence-corrected chi connectivity index (χ0v) is 28.0. The Morgan fingerprint density at radius 2 is 0.731 bits per heavy atom. The summed E-state index contributed by atoms with van der Waals surface area (Å²) in [4.78, 5) is 0. The van der Waals surface area contributed by atoms with E-state index in [0.717, 1.165) is 49.4 Å². The number of benzene rings is 10. The first-order chi connectivity index (χ1) is 25.7. The molecule has 12 aromatic rings. The minimum Gasteiger partial charge on any atom is -0.456 e. The maximum atomic E-state index is 6.59. The molecule has 0 spiro atoms. The van der Waals surface area contributed by atoms with Gasteiger partial charge in [-0.1, -0.05) is 109 Å². The first kappa shape index (κ1) is 27.9. The molecule has 0 N–H and O–H groups in total. The van der Waals surface area contributed by atoms with Gasteiger partial charge in [0.2, 0.25) is 0 Å². The molecule has 240 valence electrons. The summed E-state index contributed by atoms with van der Waals surface area (Å²) in [5, 5.41) is 16.8. The van der Waals surface area contributed by atoms with Crippen LogP contribution in [-0.2, 0) is 0 Å². The molecule has 0 aliphatic carbocycles. The fourth-order valence-electron chi connectivity index (χ4n) is 8.65. The zero-order chi connectivity index (χ0) is 33.9. The molecular formula is C50H28O2. The van der Waals surface area contributed by atoms with Gasteiger partial charge in [0, 0.05) is 26.9 Å². The summed E-state index contributed by atoms with van der Waals surface area (Å²) < 4.78 is 13.0. The lowest BCUT2D eigenvalue weighted by Crippen LogP contribution is -1.86. The van der Waals surface area contributed by atoms with Crippen LogP contribution in [0.25, 0.3) is 120 Å². The SMILES string of the molecule is c1ccc2cc3cc(-c4ccc5oc6ccc(-c7ccc8c(c7)c7ccccc7c7ccc9c%10ccccc%10oc9c78)cc6c5c4)ccc3cc2c1. The molecule has 52 heavy (non-hydrogen) atoms. The van der Waals surface area contributed by atoms with Crippen LogP contribution in [-0.4, -0.2) is 0 Å². The number of hydrogen-bond acceptors (Lipinski definition) is 2. The van der Waals surface area contributed by atoms with E-state index in [9.17, 15) is 0 Å². The number of furan rings is 2. The second-order valence-electron chi connectivity index (χ2n) is 14.1. The lowest BCUT2D eigenvalue weighted by molar-refractivity contribution is 0.669. The Morgan fingerprint density at radius 3 is 1.48 bits per heavy atom. The summed E-state index contributed by atoms with van der Waals surface area (Å²) in [6.07, 6.45) is 0. The molecule has 0 bridgehead atoms. The maximum absolute atomic E-state index is 6.59. The number of para-hydroxylation sites is 1. The molecule has 0 atom stereocenters. The Labute approximate surface area is 297 Å². The van der Waals surface area contributed by atoms with Crippen LogP contribution in [0.1, 0.15) is 0 Å². The van der Waals surface area contributed by atoms with E-state index in [0.29, 0.717) is 0 Å². The van der Waals surface area contributed by atoms with Crippen LogP contribution in [0.3, 0.4) is 0 Å². The van der Waals surface area contributed by atoms with Crippen LogP contribution in [0.4, 0.5) is 0 Å². The van der Waals surface area contributed by atoms with Gasteiger partial charge in [-0.25, -0.2) is 0 Å². The highest BCUT2D eigenvalue weighted by atomic mass is 16.3. The molecule has 0 radical (unpaired) electrons. The third kappa shape index (κ3) is 3.95. The van der Waals surface area contributed by atoms with E-state index in [-0.39, 0.29) is 0 Å². The molecule has 2 aromatic heterocycles. The highest BCUT2D eigenvalue weighted by Gasteiger charge is 2.17. The standard InChI is InChI=1S/C50H28O2/c1-2-8-30-24-36-25-31(13-14-32(36)23-29(30)7-1)34-16-21-47-44(27-34)45-28-35(17-22-48(45)51-47)33-15-18-41-43(26-33)38-10-4-3-9-37(38)40-19-20-42-39-11-5-6-12-46(39)52-50(42)49(40)41/h1-28H. The monoisotopic (exact) mass is 660 g/mol. The van der Waals surface area contributed by atoms with Gasteiger partial charge in [-0.15, -0.1) is 0 Å².